The summed E-state index contributed by atoms with van der Waals surface area (Å²) in [5.74, 6) is 1.99. The highest BCUT2D eigenvalue weighted by Gasteiger charge is 2.15. The third-order valence-corrected chi connectivity index (χ3v) is 3.32. The number of aromatic nitrogens is 3. The molecular weight excluding hydrogens is 300 g/mol. The molecule has 0 amide bonds. The lowest BCUT2D eigenvalue weighted by Gasteiger charge is -2.21. The molecule has 0 atom stereocenters. The van der Waals surface area contributed by atoms with Crippen LogP contribution in [-0.4, -0.2) is 49.4 Å². The molecule has 0 saturated heterocycles. The van der Waals surface area contributed by atoms with Crippen molar-refractivity contribution in [2.24, 2.45) is 0 Å². The SMILES string of the molecule is COc1nc(OC)nc(N(C)Cc2ccc3c(c2)OCCO3)n1. The first-order valence-electron chi connectivity index (χ1n) is 7.13. The smallest absolute Gasteiger partial charge is 0.324 e. The Morgan fingerprint density at radius 3 is 2.30 bits per heavy atom. The normalized spacial score (nSPS) is 12.7. The van der Waals surface area contributed by atoms with Crippen molar-refractivity contribution < 1.29 is 18.9 Å². The van der Waals surface area contributed by atoms with E-state index in [0.29, 0.717) is 25.7 Å². The van der Waals surface area contributed by atoms with Gasteiger partial charge >= 0.3 is 12.0 Å². The molecule has 0 bridgehead atoms. The van der Waals surface area contributed by atoms with Gasteiger partial charge in [0.05, 0.1) is 14.2 Å². The molecule has 8 nitrogen and oxygen atoms in total. The van der Waals surface area contributed by atoms with Crippen LogP contribution >= 0.6 is 0 Å². The molecule has 1 aromatic heterocycles. The highest BCUT2D eigenvalue weighted by atomic mass is 16.6. The minimum absolute atomic E-state index is 0.209. The molecule has 1 aromatic carbocycles. The largest absolute Gasteiger partial charge is 0.486 e. The summed E-state index contributed by atoms with van der Waals surface area (Å²) in [6.07, 6.45) is 0. The molecule has 1 aliphatic rings. The van der Waals surface area contributed by atoms with Crippen LogP contribution < -0.4 is 23.8 Å². The first kappa shape index (κ1) is 15.1. The van der Waals surface area contributed by atoms with Crippen LogP contribution in [0.4, 0.5) is 5.95 Å². The Morgan fingerprint density at radius 1 is 1.00 bits per heavy atom. The lowest BCUT2D eigenvalue weighted by atomic mass is 10.2. The fourth-order valence-corrected chi connectivity index (χ4v) is 2.21. The Bertz CT molecular complexity index is 673. The summed E-state index contributed by atoms with van der Waals surface area (Å²) in [6.45, 7) is 1.73. The number of nitrogens with zero attached hydrogens (tertiary/aromatic N) is 4. The van der Waals surface area contributed by atoms with E-state index in [9.17, 15) is 0 Å². The van der Waals surface area contributed by atoms with Crippen molar-refractivity contribution in [1.82, 2.24) is 15.0 Å². The van der Waals surface area contributed by atoms with E-state index >= 15 is 0 Å². The molecule has 0 N–H and O–H groups in total. The molecule has 122 valence electrons. The summed E-state index contributed by atoms with van der Waals surface area (Å²) in [5.41, 5.74) is 1.05. The first-order chi connectivity index (χ1) is 11.2. The number of anilines is 1. The Morgan fingerprint density at radius 2 is 1.65 bits per heavy atom. The molecule has 0 saturated carbocycles. The van der Waals surface area contributed by atoms with Crippen LogP contribution in [0.5, 0.6) is 23.5 Å². The molecule has 0 unspecified atom stereocenters. The summed E-state index contributed by atoms with van der Waals surface area (Å²) in [5, 5.41) is 0. The van der Waals surface area contributed by atoms with Gasteiger partial charge in [-0.3, -0.25) is 0 Å². The number of methoxy groups -OCH3 is 2. The number of fused-ring (bicyclic) bond motifs is 1. The third-order valence-electron chi connectivity index (χ3n) is 3.32. The highest BCUT2D eigenvalue weighted by Crippen LogP contribution is 2.31. The maximum atomic E-state index is 5.60. The lowest BCUT2D eigenvalue weighted by Crippen LogP contribution is -2.20. The predicted molar refractivity (Wildman–Crippen MR) is 82.5 cm³/mol. The molecule has 1 aliphatic heterocycles. The van der Waals surface area contributed by atoms with E-state index in [1.807, 2.05) is 30.1 Å². The van der Waals surface area contributed by atoms with Crippen LogP contribution in [0, 0.1) is 0 Å². The molecule has 0 fully saturated rings. The minimum Gasteiger partial charge on any atom is -0.486 e. The van der Waals surface area contributed by atoms with Crippen molar-refractivity contribution in [3.8, 4) is 23.5 Å². The van der Waals surface area contributed by atoms with E-state index in [1.165, 1.54) is 14.2 Å². The summed E-state index contributed by atoms with van der Waals surface area (Å²) in [6, 6.07) is 6.27. The van der Waals surface area contributed by atoms with Gasteiger partial charge in [-0.05, 0) is 17.7 Å². The van der Waals surface area contributed by atoms with E-state index in [4.69, 9.17) is 18.9 Å². The van der Waals surface area contributed by atoms with Crippen LogP contribution in [0.1, 0.15) is 5.56 Å². The van der Waals surface area contributed by atoms with E-state index < -0.39 is 0 Å². The summed E-state index contributed by atoms with van der Waals surface area (Å²) < 4.78 is 21.3. The monoisotopic (exact) mass is 318 g/mol. The zero-order chi connectivity index (χ0) is 16.2. The van der Waals surface area contributed by atoms with Gasteiger partial charge in [-0.1, -0.05) is 6.07 Å². The average molecular weight is 318 g/mol. The van der Waals surface area contributed by atoms with Crippen molar-refractivity contribution in [2.75, 3.05) is 39.4 Å². The van der Waals surface area contributed by atoms with Crippen LogP contribution in [0.3, 0.4) is 0 Å². The zero-order valence-corrected chi connectivity index (χ0v) is 13.3. The molecule has 8 heteroatoms. The van der Waals surface area contributed by atoms with Crippen molar-refractivity contribution in [3.05, 3.63) is 23.8 Å². The average Bonchev–Trinajstić information content (AvgIpc) is 2.61. The Kier molecular flexibility index (Phi) is 4.31. The second-order valence-corrected chi connectivity index (χ2v) is 4.94. The van der Waals surface area contributed by atoms with Gasteiger partial charge in [0.25, 0.3) is 0 Å². The Balaban J connectivity index is 1.80. The van der Waals surface area contributed by atoms with Gasteiger partial charge in [0, 0.05) is 13.6 Å². The topological polar surface area (TPSA) is 78.8 Å². The quantitative estimate of drug-likeness (QED) is 0.816. The molecule has 0 spiro atoms. The number of rotatable bonds is 5. The zero-order valence-electron chi connectivity index (χ0n) is 13.3. The van der Waals surface area contributed by atoms with E-state index in [2.05, 4.69) is 15.0 Å². The summed E-state index contributed by atoms with van der Waals surface area (Å²) >= 11 is 0. The van der Waals surface area contributed by atoms with Crippen molar-refractivity contribution >= 4 is 5.95 Å². The van der Waals surface area contributed by atoms with Gasteiger partial charge in [0.1, 0.15) is 13.2 Å². The number of benzene rings is 1. The highest BCUT2D eigenvalue weighted by molar-refractivity contribution is 5.45. The van der Waals surface area contributed by atoms with E-state index in [0.717, 1.165) is 17.1 Å². The molecule has 2 heterocycles. The standard InChI is InChI=1S/C15H18N4O4/c1-19(13-16-14(20-2)18-15(17-13)21-3)9-10-4-5-11-12(8-10)23-7-6-22-11/h4-5,8H,6-7,9H2,1-3H3. The predicted octanol–water partition coefficient (Wildman–Crippen LogP) is 1.30. The van der Waals surface area contributed by atoms with E-state index in [-0.39, 0.29) is 12.0 Å². The van der Waals surface area contributed by atoms with Gasteiger partial charge in [-0.2, -0.15) is 9.97 Å². The molecule has 3 rings (SSSR count). The van der Waals surface area contributed by atoms with Gasteiger partial charge in [0.15, 0.2) is 11.5 Å². The summed E-state index contributed by atoms with van der Waals surface area (Å²) in [7, 11) is 4.88. The maximum Gasteiger partial charge on any atom is 0.324 e. The number of hydrogen-bond donors (Lipinski definition) is 0. The number of hydrogen-bond acceptors (Lipinski definition) is 8. The molecule has 23 heavy (non-hydrogen) atoms. The van der Waals surface area contributed by atoms with Crippen molar-refractivity contribution in [2.45, 2.75) is 6.54 Å². The third kappa shape index (κ3) is 3.36. The van der Waals surface area contributed by atoms with Crippen LogP contribution in [-0.2, 0) is 6.54 Å². The lowest BCUT2D eigenvalue weighted by molar-refractivity contribution is 0.171. The second-order valence-electron chi connectivity index (χ2n) is 4.94. The van der Waals surface area contributed by atoms with Gasteiger partial charge < -0.3 is 23.8 Å². The molecule has 0 radical (unpaired) electrons. The summed E-state index contributed by atoms with van der Waals surface area (Å²) in [4.78, 5) is 14.3. The van der Waals surface area contributed by atoms with Crippen molar-refractivity contribution in [1.29, 1.82) is 0 Å². The second kappa shape index (κ2) is 6.55. The Hall–Kier alpha value is -2.77. The Labute approximate surface area is 134 Å². The number of ether oxygens (including phenoxy) is 4. The van der Waals surface area contributed by atoms with Crippen LogP contribution in [0.2, 0.25) is 0 Å². The molecule has 0 aliphatic carbocycles. The van der Waals surface area contributed by atoms with E-state index in [1.54, 1.807) is 0 Å². The van der Waals surface area contributed by atoms with Crippen LogP contribution in [0.25, 0.3) is 0 Å². The van der Waals surface area contributed by atoms with Crippen molar-refractivity contribution in [3.63, 3.8) is 0 Å². The first-order valence-corrected chi connectivity index (χ1v) is 7.13. The fraction of sp³-hybridized carbons (Fsp3) is 0.400. The van der Waals surface area contributed by atoms with Gasteiger partial charge in [-0.25, -0.2) is 0 Å². The fourth-order valence-electron chi connectivity index (χ4n) is 2.21. The molecule has 2 aromatic rings. The van der Waals surface area contributed by atoms with Crippen LogP contribution in [0.15, 0.2) is 18.2 Å². The molecular formula is C15H18N4O4. The maximum absolute atomic E-state index is 5.60. The van der Waals surface area contributed by atoms with Gasteiger partial charge in [-0.15, -0.1) is 4.98 Å². The minimum atomic E-state index is 0.209. The van der Waals surface area contributed by atoms with Gasteiger partial charge in [0.2, 0.25) is 5.95 Å².